The van der Waals surface area contributed by atoms with Crippen molar-refractivity contribution in [2.75, 3.05) is 0 Å². The Kier molecular flexibility index (Phi) is 1.85. The maximum atomic E-state index is 13.7. The van der Waals surface area contributed by atoms with Crippen molar-refractivity contribution in [3.63, 3.8) is 0 Å². The molecular formula is C10H6ClFN4. The Morgan fingerprint density at radius 1 is 1.31 bits per heavy atom. The molecule has 0 amide bonds. The van der Waals surface area contributed by atoms with Crippen molar-refractivity contribution in [3.05, 3.63) is 35.0 Å². The van der Waals surface area contributed by atoms with Gasteiger partial charge in [-0.3, -0.25) is 0 Å². The zero-order valence-electron chi connectivity index (χ0n) is 8.28. The summed E-state index contributed by atoms with van der Waals surface area (Å²) in [7, 11) is 0. The molecule has 4 nitrogen and oxygen atoms in total. The summed E-state index contributed by atoms with van der Waals surface area (Å²) in [5, 5.41) is 13.0. The van der Waals surface area contributed by atoms with Gasteiger partial charge in [-0.05, 0) is 13.0 Å². The highest BCUT2D eigenvalue weighted by Gasteiger charge is 2.13. The van der Waals surface area contributed by atoms with E-state index in [2.05, 4.69) is 15.3 Å². The quantitative estimate of drug-likeness (QED) is 0.602. The number of halogens is 2. The summed E-state index contributed by atoms with van der Waals surface area (Å²) in [6.45, 7) is 1.73. The lowest BCUT2D eigenvalue weighted by Gasteiger charge is -2.02. The zero-order chi connectivity index (χ0) is 11.3. The molecule has 0 saturated heterocycles. The predicted octanol–water partition coefficient (Wildman–Crippen LogP) is 2.38. The number of hydrogen-bond acceptors (Lipinski definition) is 3. The van der Waals surface area contributed by atoms with E-state index in [-0.39, 0.29) is 11.0 Å². The molecule has 0 atom stereocenters. The number of nitrogens with zero attached hydrogens (tertiary/aromatic N) is 4. The maximum Gasteiger partial charge on any atom is 0.188 e. The van der Waals surface area contributed by atoms with Crippen LogP contribution in [0.2, 0.25) is 5.15 Å². The number of aromatic nitrogens is 4. The van der Waals surface area contributed by atoms with Crippen LogP contribution < -0.4 is 0 Å². The monoisotopic (exact) mass is 236 g/mol. The number of benzene rings is 1. The Labute approximate surface area is 94.7 Å². The van der Waals surface area contributed by atoms with Gasteiger partial charge in [-0.1, -0.05) is 23.7 Å². The molecule has 0 aliphatic heterocycles. The standard InChI is InChI=1S/C10H6ClFN4/c1-5-13-14-10-8-6(3-2-4-7(8)12)9(11)15-16(5)10/h2-4H,1H3. The molecule has 1 aromatic carbocycles. The SMILES string of the molecule is Cc1nnc2c3c(F)cccc3c(Cl)nn12. The van der Waals surface area contributed by atoms with Gasteiger partial charge in [-0.25, -0.2) is 4.39 Å². The number of fused-ring (bicyclic) bond motifs is 3. The largest absolute Gasteiger partial charge is 0.206 e. The van der Waals surface area contributed by atoms with E-state index in [1.54, 1.807) is 19.1 Å². The minimum Gasteiger partial charge on any atom is -0.206 e. The molecular weight excluding hydrogens is 231 g/mol. The van der Waals surface area contributed by atoms with Gasteiger partial charge in [0.05, 0.1) is 5.39 Å². The fraction of sp³-hybridized carbons (Fsp3) is 0.100. The summed E-state index contributed by atoms with van der Waals surface area (Å²) in [6.07, 6.45) is 0. The molecule has 2 aromatic heterocycles. The highest BCUT2D eigenvalue weighted by molar-refractivity contribution is 6.34. The maximum absolute atomic E-state index is 13.7. The second-order valence-corrected chi connectivity index (χ2v) is 3.79. The second-order valence-electron chi connectivity index (χ2n) is 3.44. The zero-order valence-corrected chi connectivity index (χ0v) is 9.03. The Morgan fingerprint density at radius 3 is 2.94 bits per heavy atom. The van der Waals surface area contributed by atoms with Gasteiger partial charge in [-0.2, -0.15) is 9.61 Å². The highest BCUT2D eigenvalue weighted by atomic mass is 35.5. The van der Waals surface area contributed by atoms with Crippen LogP contribution in [0.15, 0.2) is 18.2 Å². The summed E-state index contributed by atoms with van der Waals surface area (Å²) in [6, 6.07) is 4.66. The molecule has 3 aromatic rings. The van der Waals surface area contributed by atoms with Crippen LogP contribution in [0.4, 0.5) is 4.39 Å². The summed E-state index contributed by atoms with van der Waals surface area (Å²) in [5.41, 5.74) is 0.384. The molecule has 0 spiro atoms. The average molecular weight is 237 g/mol. The first-order chi connectivity index (χ1) is 7.68. The molecule has 16 heavy (non-hydrogen) atoms. The molecule has 0 radical (unpaired) electrons. The Balaban J connectivity index is 2.68. The van der Waals surface area contributed by atoms with E-state index in [1.807, 2.05) is 0 Å². The fourth-order valence-corrected chi connectivity index (χ4v) is 1.93. The van der Waals surface area contributed by atoms with Gasteiger partial charge >= 0.3 is 0 Å². The van der Waals surface area contributed by atoms with Gasteiger partial charge in [0.2, 0.25) is 0 Å². The molecule has 80 valence electrons. The van der Waals surface area contributed by atoms with Crippen LogP contribution in [0, 0.1) is 12.7 Å². The van der Waals surface area contributed by atoms with Crippen LogP contribution in [0.3, 0.4) is 0 Å². The molecule has 0 unspecified atom stereocenters. The van der Waals surface area contributed by atoms with E-state index in [9.17, 15) is 4.39 Å². The Morgan fingerprint density at radius 2 is 2.12 bits per heavy atom. The van der Waals surface area contributed by atoms with Crippen molar-refractivity contribution < 1.29 is 4.39 Å². The third kappa shape index (κ3) is 1.12. The third-order valence-corrected chi connectivity index (χ3v) is 2.72. The molecule has 3 rings (SSSR count). The number of aryl methyl sites for hydroxylation is 1. The van der Waals surface area contributed by atoms with Crippen molar-refractivity contribution >= 4 is 28.0 Å². The van der Waals surface area contributed by atoms with E-state index < -0.39 is 0 Å². The van der Waals surface area contributed by atoms with E-state index in [0.29, 0.717) is 22.2 Å². The summed E-state index contributed by atoms with van der Waals surface area (Å²) >= 11 is 5.98. The minimum atomic E-state index is -0.376. The van der Waals surface area contributed by atoms with Crippen molar-refractivity contribution in [1.29, 1.82) is 0 Å². The minimum absolute atomic E-state index is 0.241. The van der Waals surface area contributed by atoms with Gasteiger partial charge in [-0.15, -0.1) is 10.2 Å². The fourth-order valence-electron chi connectivity index (χ4n) is 1.70. The van der Waals surface area contributed by atoms with Crippen LogP contribution in [-0.2, 0) is 0 Å². The van der Waals surface area contributed by atoms with E-state index >= 15 is 0 Å². The number of rotatable bonds is 0. The van der Waals surface area contributed by atoms with Crippen LogP contribution in [-0.4, -0.2) is 19.8 Å². The molecule has 0 fully saturated rings. The normalized spacial score (nSPS) is 11.4. The van der Waals surface area contributed by atoms with Crippen molar-refractivity contribution in [2.24, 2.45) is 0 Å². The molecule has 0 bridgehead atoms. The van der Waals surface area contributed by atoms with Gasteiger partial charge in [0, 0.05) is 5.39 Å². The van der Waals surface area contributed by atoms with E-state index in [0.717, 1.165) is 0 Å². The van der Waals surface area contributed by atoms with Crippen LogP contribution in [0.5, 0.6) is 0 Å². The lowest BCUT2D eigenvalue weighted by Crippen LogP contribution is -1.97. The van der Waals surface area contributed by atoms with Gasteiger partial charge < -0.3 is 0 Å². The Bertz CT molecular complexity index is 707. The second kappa shape index (κ2) is 3.12. The van der Waals surface area contributed by atoms with Crippen LogP contribution in [0.25, 0.3) is 16.4 Å². The topological polar surface area (TPSA) is 43.1 Å². The first-order valence-electron chi connectivity index (χ1n) is 4.64. The van der Waals surface area contributed by atoms with Crippen LogP contribution in [0.1, 0.15) is 5.82 Å². The molecule has 0 aliphatic carbocycles. The Hall–Kier alpha value is -1.75. The smallest absolute Gasteiger partial charge is 0.188 e. The molecule has 0 N–H and O–H groups in total. The van der Waals surface area contributed by atoms with Gasteiger partial charge in [0.15, 0.2) is 16.6 Å². The van der Waals surface area contributed by atoms with Crippen LogP contribution >= 0.6 is 11.6 Å². The van der Waals surface area contributed by atoms with E-state index in [1.165, 1.54) is 10.6 Å². The number of hydrogen-bond donors (Lipinski definition) is 0. The van der Waals surface area contributed by atoms with Crippen molar-refractivity contribution in [2.45, 2.75) is 6.92 Å². The lowest BCUT2D eigenvalue weighted by molar-refractivity contribution is 0.639. The van der Waals surface area contributed by atoms with E-state index in [4.69, 9.17) is 11.6 Å². The summed E-state index contributed by atoms with van der Waals surface area (Å²) in [5.74, 6) is 0.196. The molecule has 0 saturated carbocycles. The average Bonchev–Trinajstić information content (AvgIpc) is 2.61. The highest BCUT2D eigenvalue weighted by Crippen LogP contribution is 2.26. The lowest BCUT2D eigenvalue weighted by atomic mass is 10.2. The first-order valence-corrected chi connectivity index (χ1v) is 5.02. The van der Waals surface area contributed by atoms with Crippen molar-refractivity contribution in [1.82, 2.24) is 19.8 Å². The van der Waals surface area contributed by atoms with Crippen molar-refractivity contribution in [3.8, 4) is 0 Å². The molecule has 6 heteroatoms. The third-order valence-electron chi connectivity index (χ3n) is 2.44. The molecule has 0 aliphatic rings. The predicted molar refractivity (Wildman–Crippen MR) is 58.0 cm³/mol. The summed E-state index contributed by atoms with van der Waals surface area (Å²) in [4.78, 5) is 0. The molecule has 2 heterocycles. The first kappa shape index (κ1) is 9.47. The van der Waals surface area contributed by atoms with Gasteiger partial charge in [0.25, 0.3) is 0 Å². The van der Waals surface area contributed by atoms with Gasteiger partial charge in [0.1, 0.15) is 5.82 Å². The summed E-state index contributed by atoms with van der Waals surface area (Å²) < 4.78 is 15.2.